The number of allylic oxidation sites excluding steroid dienone is 2. The van der Waals surface area contributed by atoms with Crippen molar-refractivity contribution in [3.05, 3.63) is 57.4 Å². The molecule has 0 bridgehead atoms. The van der Waals surface area contributed by atoms with Crippen LogP contribution in [0.1, 0.15) is 77.3 Å². The van der Waals surface area contributed by atoms with Crippen LogP contribution in [-0.4, -0.2) is 63.9 Å². The zero-order chi connectivity index (χ0) is 26.6. The minimum atomic E-state index is -0.780. The van der Waals surface area contributed by atoms with Crippen LogP contribution in [0.5, 0.6) is 0 Å². The second-order valence-electron chi connectivity index (χ2n) is 11.0. The van der Waals surface area contributed by atoms with E-state index in [1.54, 1.807) is 13.2 Å². The van der Waals surface area contributed by atoms with Gasteiger partial charge in [-0.1, -0.05) is 29.8 Å². The molecule has 2 aromatic rings. The first-order chi connectivity index (χ1) is 18.4. The number of rotatable bonds is 6. The number of aromatic nitrogens is 2. The van der Waals surface area contributed by atoms with E-state index in [0.717, 1.165) is 40.9 Å². The van der Waals surface area contributed by atoms with Crippen molar-refractivity contribution in [2.24, 2.45) is 11.8 Å². The van der Waals surface area contributed by atoms with Crippen LogP contribution >= 0.6 is 11.6 Å². The molecule has 0 radical (unpaired) electrons. The predicted molar refractivity (Wildman–Crippen MR) is 141 cm³/mol. The topological polar surface area (TPSA) is 102 Å². The maximum absolute atomic E-state index is 14.1. The molecule has 2 fully saturated rings. The smallest absolute Gasteiger partial charge is 0.306 e. The number of hydrogen-bond donors (Lipinski definition) is 1. The first-order valence-electron chi connectivity index (χ1n) is 13.5. The molecule has 1 aromatic heterocycles. The highest BCUT2D eigenvalue weighted by Gasteiger charge is 2.39. The summed E-state index contributed by atoms with van der Waals surface area (Å²) < 4.78 is 6.84. The van der Waals surface area contributed by atoms with E-state index in [2.05, 4.69) is 0 Å². The maximum Gasteiger partial charge on any atom is 0.306 e. The quantitative estimate of drug-likeness (QED) is 0.588. The number of fused-ring (bicyclic) bond motifs is 1. The fourth-order valence-electron chi connectivity index (χ4n) is 6.15. The number of amides is 1. The number of ether oxygens (including phenoxy) is 1. The van der Waals surface area contributed by atoms with E-state index in [1.807, 2.05) is 23.1 Å². The van der Waals surface area contributed by atoms with Crippen molar-refractivity contribution in [2.75, 3.05) is 20.2 Å². The molecule has 9 heteroatoms. The zero-order valence-corrected chi connectivity index (χ0v) is 22.2. The monoisotopic (exact) mass is 537 g/mol. The van der Waals surface area contributed by atoms with E-state index in [0.29, 0.717) is 68.1 Å². The Balaban J connectivity index is 1.37. The van der Waals surface area contributed by atoms with Gasteiger partial charge in [-0.05, 0) is 68.1 Å². The second-order valence-corrected chi connectivity index (χ2v) is 11.5. The van der Waals surface area contributed by atoms with Gasteiger partial charge in [0.15, 0.2) is 0 Å². The van der Waals surface area contributed by atoms with Crippen LogP contribution in [0, 0.1) is 11.8 Å². The maximum atomic E-state index is 14.1. The van der Waals surface area contributed by atoms with Crippen molar-refractivity contribution < 1.29 is 24.2 Å². The Morgan fingerprint density at radius 3 is 2.50 bits per heavy atom. The van der Waals surface area contributed by atoms with Gasteiger partial charge in [-0.25, -0.2) is 0 Å². The molecule has 1 unspecified atom stereocenters. The SMILES string of the molecule is COC1CN(C(=O)[C@H]2CCc3c(C4=CCC(C(=O)O)CC4)nn(C(=O)c4c(Cl)cccc4C4CC4)c3C2)C1. The van der Waals surface area contributed by atoms with Crippen LogP contribution in [0.4, 0.5) is 0 Å². The number of hydrogen-bond acceptors (Lipinski definition) is 5. The molecular formula is C29H32ClN3O5. The molecule has 6 rings (SSSR count). The zero-order valence-electron chi connectivity index (χ0n) is 21.5. The third kappa shape index (κ3) is 4.47. The van der Waals surface area contributed by atoms with Crippen LogP contribution in [0.3, 0.4) is 0 Å². The number of likely N-dealkylation sites (tertiary alicyclic amines) is 1. The molecule has 3 aliphatic carbocycles. The number of halogens is 1. The van der Waals surface area contributed by atoms with Crippen molar-refractivity contribution in [1.29, 1.82) is 0 Å². The van der Waals surface area contributed by atoms with Crippen LogP contribution in [0.2, 0.25) is 5.02 Å². The Hall–Kier alpha value is -2.97. The Morgan fingerprint density at radius 1 is 1.08 bits per heavy atom. The largest absolute Gasteiger partial charge is 0.481 e. The van der Waals surface area contributed by atoms with Crippen molar-refractivity contribution >= 4 is 35.0 Å². The van der Waals surface area contributed by atoms with Gasteiger partial charge in [-0.2, -0.15) is 9.78 Å². The second kappa shape index (κ2) is 9.97. The Bertz CT molecular complexity index is 1340. The molecule has 2 heterocycles. The number of carboxylic acids is 1. The number of benzene rings is 1. The first kappa shape index (κ1) is 25.3. The van der Waals surface area contributed by atoms with E-state index in [1.165, 1.54) is 4.68 Å². The first-order valence-corrected chi connectivity index (χ1v) is 13.9. The Morgan fingerprint density at radius 2 is 1.84 bits per heavy atom. The number of nitrogens with zero attached hydrogens (tertiary/aromatic N) is 3. The molecular weight excluding hydrogens is 506 g/mol. The van der Waals surface area contributed by atoms with Gasteiger partial charge in [0.2, 0.25) is 5.91 Å². The Labute approximate surface area is 226 Å². The van der Waals surface area contributed by atoms with E-state index >= 15 is 0 Å². The summed E-state index contributed by atoms with van der Waals surface area (Å²) >= 11 is 6.60. The highest BCUT2D eigenvalue weighted by molar-refractivity contribution is 6.34. The van der Waals surface area contributed by atoms with Crippen LogP contribution in [0.15, 0.2) is 24.3 Å². The Kier molecular flexibility index (Phi) is 6.64. The summed E-state index contributed by atoms with van der Waals surface area (Å²) in [6.07, 6.45) is 7.50. The van der Waals surface area contributed by atoms with Gasteiger partial charge in [0, 0.05) is 38.1 Å². The van der Waals surface area contributed by atoms with E-state index in [-0.39, 0.29) is 23.8 Å². The van der Waals surface area contributed by atoms with Crippen LogP contribution < -0.4 is 0 Å². The summed E-state index contributed by atoms with van der Waals surface area (Å²) in [6.45, 7) is 1.20. The van der Waals surface area contributed by atoms with Crippen molar-refractivity contribution in [1.82, 2.24) is 14.7 Å². The van der Waals surface area contributed by atoms with E-state index < -0.39 is 11.9 Å². The molecule has 8 nitrogen and oxygen atoms in total. The summed E-state index contributed by atoms with van der Waals surface area (Å²) in [6, 6.07) is 5.61. The number of methoxy groups -OCH3 is 1. The molecule has 38 heavy (non-hydrogen) atoms. The summed E-state index contributed by atoms with van der Waals surface area (Å²) in [5, 5.41) is 14.7. The molecule has 0 spiro atoms. The van der Waals surface area contributed by atoms with Gasteiger partial charge in [-0.15, -0.1) is 0 Å². The normalized spacial score (nSPS) is 23.4. The van der Waals surface area contributed by atoms with Gasteiger partial charge in [0.05, 0.1) is 34.0 Å². The predicted octanol–water partition coefficient (Wildman–Crippen LogP) is 4.33. The lowest BCUT2D eigenvalue weighted by molar-refractivity contribution is -0.147. The highest BCUT2D eigenvalue weighted by atomic mass is 35.5. The molecule has 1 aromatic carbocycles. The molecule has 2 atom stereocenters. The summed E-state index contributed by atoms with van der Waals surface area (Å²) in [7, 11) is 1.66. The number of carboxylic acid groups (broad SMARTS) is 1. The fourth-order valence-corrected chi connectivity index (χ4v) is 6.42. The van der Waals surface area contributed by atoms with Gasteiger partial charge < -0.3 is 14.7 Å². The summed E-state index contributed by atoms with van der Waals surface area (Å²) in [5.41, 5.74) is 5.00. The number of aliphatic carboxylic acids is 1. The molecule has 4 aliphatic rings. The number of carbonyl (C=O) groups is 3. The standard InChI is InChI=1S/C29H32ClN3O5/c1-38-20-14-32(15-20)27(34)19-11-12-22-24(13-19)33(31-26(22)17-7-9-18(10-8-17)29(36)37)28(35)25-21(16-5-6-16)3-2-4-23(25)30/h2-4,7,16,18-20H,5-6,8-15H2,1H3,(H,36,37)/t18?,19-/m0/s1. The third-order valence-electron chi connectivity index (χ3n) is 8.65. The molecule has 1 saturated carbocycles. The van der Waals surface area contributed by atoms with Gasteiger partial charge in [0.25, 0.3) is 5.91 Å². The lowest BCUT2D eigenvalue weighted by atomic mass is 9.82. The summed E-state index contributed by atoms with van der Waals surface area (Å²) in [4.78, 5) is 40.7. The third-order valence-corrected chi connectivity index (χ3v) is 8.96. The van der Waals surface area contributed by atoms with Crippen molar-refractivity contribution in [2.45, 2.75) is 63.4 Å². The molecule has 200 valence electrons. The lowest BCUT2D eigenvalue weighted by Crippen LogP contribution is -2.56. The molecule has 1 saturated heterocycles. The average molecular weight is 538 g/mol. The molecule has 1 N–H and O–H groups in total. The van der Waals surface area contributed by atoms with Crippen LogP contribution in [-0.2, 0) is 27.2 Å². The number of carbonyl (C=O) groups excluding carboxylic acids is 2. The molecule has 1 amide bonds. The van der Waals surface area contributed by atoms with Gasteiger partial charge in [0.1, 0.15) is 0 Å². The summed E-state index contributed by atoms with van der Waals surface area (Å²) in [5.74, 6) is -1.21. The van der Waals surface area contributed by atoms with Gasteiger partial charge in [-0.3, -0.25) is 14.4 Å². The lowest BCUT2D eigenvalue weighted by Gasteiger charge is -2.40. The fraction of sp³-hybridized carbons (Fsp3) is 0.517. The van der Waals surface area contributed by atoms with Gasteiger partial charge >= 0.3 is 5.97 Å². The van der Waals surface area contributed by atoms with Crippen LogP contribution in [0.25, 0.3) is 5.57 Å². The highest BCUT2D eigenvalue weighted by Crippen LogP contribution is 2.44. The van der Waals surface area contributed by atoms with Crippen molar-refractivity contribution in [3.63, 3.8) is 0 Å². The average Bonchev–Trinajstić information content (AvgIpc) is 3.67. The molecule has 1 aliphatic heterocycles. The van der Waals surface area contributed by atoms with E-state index in [4.69, 9.17) is 21.4 Å². The van der Waals surface area contributed by atoms with E-state index in [9.17, 15) is 19.5 Å². The minimum Gasteiger partial charge on any atom is -0.481 e. The minimum absolute atomic E-state index is 0.0887. The van der Waals surface area contributed by atoms with Crippen molar-refractivity contribution in [3.8, 4) is 0 Å².